The number of benzene rings is 7. The predicted octanol–water partition coefficient (Wildman–Crippen LogP) is 10.8. The Bertz CT molecular complexity index is 3440. The highest BCUT2D eigenvalue weighted by Gasteiger charge is 2.21. The number of nitrogens with zero attached hydrogens (tertiary/aromatic N) is 6. The first-order chi connectivity index (χ1) is 28.6. The molecule has 0 saturated heterocycles. The highest BCUT2D eigenvalue weighted by Crippen LogP contribution is 2.36. The van der Waals surface area contributed by atoms with Crippen molar-refractivity contribution in [2.75, 3.05) is 0 Å². The number of rotatable bonds is 4. The molecule has 6 nitrogen and oxygen atoms in total. The Kier molecular flexibility index (Phi) is 4.44. The lowest BCUT2D eigenvalue weighted by Crippen LogP contribution is -2.10. The van der Waals surface area contributed by atoms with Crippen molar-refractivity contribution in [3.63, 3.8) is 0 Å². The van der Waals surface area contributed by atoms with E-state index in [1.807, 2.05) is 102 Å². The van der Waals surface area contributed by atoms with Crippen molar-refractivity contribution in [1.29, 1.82) is 0 Å². The van der Waals surface area contributed by atoms with Crippen LogP contribution in [0.5, 0.6) is 0 Å². The van der Waals surface area contributed by atoms with E-state index in [1.165, 1.54) is 4.57 Å². The summed E-state index contributed by atoms with van der Waals surface area (Å²) < 4.78 is 76.1. The fraction of sp³-hybridized carbons (Fsp3) is 0. The van der Waals surface area contributed by atoms with Gasteiger partial charge in [-0.15, -0.1) is 0 Å². The van der Waals surface area contributed by atoms with Crippen molar-refractivity contribution in [3.8, 4) is 29.0 Å². The molecule has 0 aliphatic carbocycles. The van der Waals surface area contributed by atoms with Gasteiger partial charge in [0.2, 0.25) is 11.9 Å². The van der Waals surface area contributed by atoms with Crippen LogP contribution in [-0.2, 0) is 0 Å². The maximum absolute atomic E-state index is 9.16. The minimum Gasteiger partial charge on any atom is -0.309 e. The molecular weight excluding hydrogens is 625 g/mol. The fourth-order valence-electron chi connectivity index (χ4n) is 7.43. The number of aromatic nitrogens is 6. The quantitative estimate of drug-likeness (QED) is 0.189. The highest BCUT2D eigenvalue weighted by atomic mass is 15.3. The second-order valence-electron chi connectivity index (χ2n) is 12.3. The number of hydrogen-bond donors (Lipinski definition) is 0. The molecule has 0 aliphatic rings. The first-order valence-electron chi connectivity index (χ1n) is 20.5. The summed E-state index contributed by atoms with van der Waals surface area (Å²) in [6, 6.07) is 36.1. The average Bonchev–Trinajstić information content (AvgIpc) is 3.93. The van der Waals surface area contributed by atoms with Gasteiger partial charge < -0.3 is 4.57 Å². The lowest BCUT2D eigenvalue weighted by Gasteiger charge is -2.13. The Labute approximate surface area is 303 Å². The van der Waals surface area contributed by atoms with Gasteiger partial charge in [-0.3, -0.25) is 9.13 Å². The molecule has 0 spiro atoms. The molecule has 0 radical (unpaired) electrons. The van der Waals surface area contributed by atoms with Crippen LogP contribution in [-0.4, -0.2) is 28.7 Å². The second-order valence-corrected chi connectivity index (χ2v) is 12.3. The Morgan fingerprint density at radius 1 is 0.373 bits per heavy atom. The molecule has 0 atom stereocenters. The molecule has 4 heterocycles. The summed E-state index contributed by atoms with van der Waals surface area (Å²) in [4.78, 5) is 15.2. The van der Waals surface area contributed by atoms with Crippen LogP contribution in [0.4, 0.5) is 0 Å². The fourth-order valence-corrected chi connectivity index (χ4v) is 7.43. The zero-order valence-corrected chi connectivity index (χ0v) is 26.7. The molecule has 11 rings (SSSR count). The molecule has 0 N–H and O–H groups in total. The van der Waals surface area contributed by atoms with Crippen molar-refractivity contribution < 1.29 is 11.0 Å². The summed E-state index contributed by atoms with van der Waals surface area (Å²) in [7, 11) is 0. The minimum atomic E-state index is -0.530. The van der Waals surface area contributed by atoms with Gasteiger partial charge in [-0.25, -0.2) is 0 Å². The van der Waals surface area contributed by atoms with Crippen molar-refractivity contribution in [1.82, 2.24) is 28.7 Å². The molecule has 6 heteroatoms. The van der Waals surface area contributed by atoms with Gasteiger partial charge in [-0.05, 0) is 48.5 Å². The molecule has 0 unspecified atom stereocenters. The van der Waals surface area contributed by atoms with Gasteiger partial charge in [0, 0.05) is 43.6 Å². The molecule has 0 saturated carbocycles. The average molecular weight is 661 g/mol. The molecule has 0 amide bonds. The largest absolute Gasteiger partial charge is 0.309 e. The van der Waals surface area contributed by atoms with E-state index in [2.05, 4.69) is 28.8 Å². The van der Waals surface area contributed by atoms with Crippen LogP contribution in [0.1, 0.15) is 11.0 Å². The van der Waals surface area contributed by atoms with Crippen molar-refractivity contribution >= 4 is 65.4 Å². The Hall–Kier alpha value is -7.05. The SMILES string of the molecule is [2H]c1c([2H])c([2H])c2c(c1[2H])c1c([2H])c([2H])c([2H])c([2H])c1n2-c1nc(-c2cccc(-n3c4ccccc4c4ccccc43)c2)nc(-n2c3ccccc3c3ccccc32)n1. The lowest BCUT2D eigenvalue weighted by molar-refractivity contribution is 0.892. The Morgan fingerprint density at radius 2 is 0.804 bits per heavy atom. The summed E-state index contributed by atoms with van der Waals surface area (Å²) in [5.41, 5.74) is 4.94. The maximum atomic E-state index is 9.16. The predicted molar refractivity (Wildman–Crippen MR) is 208 cm³/mol. The van der Waals surface area contributed by atoms with Crippen molar-refractivity contribution in [3.05, 3.63) is 170 Å². The van der Waals surface area contributed by atoms with E-state index in [-0.39, 0.29) is 39.5 Å². The molecule has 0 bridgehead atoms. The van der Waals surface area contributed by atoms with Gasteiger partial charge in [0.15, 0.2) is 5.82 Å². The standard InChI is InChI=1S/C45H28N6/c1-7-22-37-31(16-1)32-17-2-8-23-38(32)49(37)30-15-13-14-29(28-30)43-46-44(50-39-24-9-3-18-33(39)34-19-4-10-25-40(34)50)48-45(47-43)51-41-26-11-5-20-35(41)36-21-6-12-27-42(36)51/h1-28H/i3D,4D,9D,10D,18D,19D,24D,25D. The summed E-state index contributed by atoms with van der Waals surface area (Å²) in [6.45, 7) is 0. The zero-order valence-electron chi connectivity index (χ0n) is 34.7. The van der Waals surface area contributed by atoms with E-state index in [4.69, 9.17) is 25.9 Å². The van der Waals surface area contributed by atoms with E-state index in [0.29, 0.717) is 5.56 Å². The third-order valence-electron chi connectivity index (χ3n) is 9.57. The molecule has 11 aromatic rings. The molecule has 238 valence electrons. The first-order valence-corrected chi connectivity index (χ1v) is 16.5. The topological polar surface area (TPSA) is 53.5 Å². The third kappa shape index (κ3) is 4.07. The van der Waals surface area contributed by atoms with Crippen LogP contribution < -0.4 is 0 Å². The minimum absolute atomic E-state index is 0.0632. The van der Waals surface area contributed by atoms with Crippen LogP contribution >= 0.6 is 0 Å². The van der Waals surface area contributed by atoms with E-state index < -0.39 is 48.3 Å². The van der Waals surface area contributed by atoms with Crippen LogP contribution in [0, 0.1) is 0 Å². The van der Waals surface area contributed by atoms with Crippen LogP contribution in [0.3, 0.4) is 0 Å². The van der Waals surface area contributed by atoms with Crippen LogP contribution in [0.2, 0.25) is 0 Å². The van der Waals surface area contributed by atoms with E-state index >= 15 is 0 Å². The van der Waals surface area contributed by atoms with Gasteiger partial charge >= 0.3 is 0 Å². The Morgan fingerprint density at radius 3 is 1.31 bits per heavy atom. The normalized spacial score (nSPS) is 14.1. The molecule has 4 aromatic heterocycles. The van der Waals surface area contributed by atoms with E-state index in [9.17, 15) is 0 Å². The van der Waals surface area contributed by atoms with Gasteiger partial charge in [-0.2, -0.15) is 15.0 Å². The summed E-state index contributed by atoms with van der Waals surface area (Å²) >= 11 is 0. The number of para-hydroxylation sites is 6. The number of fused-ring (bicyclic) bond motifs is 9. The molecule has 0 aliphatic heterocycles. The van der Waals surface area contributed by atoms with Crippen LogP contribution in [0.25, 0.3) is 94.4 Å². The third-order valence-corrected chi connectivity index (χ3v) is 9.57. The van der Waals surface area contributed by atoms with Crippen LogP contribution in [0.15, 0.2) is 170 Å². The van der Waals surface area contributed by atoms with Gasteiger partial charge in [0.25, 0.3) is 0 Å². The maximum Gasteiger partial charge on any atom is 0.240 e. The smallest absolute Gasteiger partial charge is 0.240 e. The second kappa shape index (κ2) is 10.7. The van der Waals surface area contributed by atoms with E-state index in [1.54, 1.807) is 0 Å². The molecule has 7 aromatic carbocycles. The molecule has 51 heavy (non-hydrogen) atoms. The van der Waals surface area contributed by atoms with Gasteiger partial charge in [0.1, 0.15) is 0 Å². The van der Waals surface area contributed by atoms with E-state index in [0.717, 1.165) is 49.3 Å². The summed E-state index contributed by atoms with van der Waals surface area (Å²) in [6.07, 6.45) is 0. The number of hydrogen-bond acceptors (Lipinski definition) is 3. The molecular formula is C45H28N6. The first kappa shape index (κ1) is 21.1. The lowest BCUT2D eigenvalue weighted by atomic mass is 10.2. The monoisotopic (exact) mass is 660 g/mol. The van der Waals surface area contributed by atoms with Gasteiger partial charge in [-0.1, -0.05) is 121 Å². The summed E-state index contributed by atoms with van der Waals surface area (Å²) in [5.74, 6) is 0.330. The van der Waals surface area contributed by atoms with Crippen molar-refractivity contribution in [2.45, 2.75) is 0 Å². The Balaban J connectivity index is 1.28. The van der Waals surface area contributed by atoms with Gasteiger partial charge in [0.05, 0.1) is 44.1 Å². The zero-order chi connectivity index (χ0) is 40.4. The van der Waals surface area contributed by atoms with Crippen molar-refractivity contribution in [2.24, 2.45) is 0 Å². The summed E-state index contributed by atoms with van der Waals surface area (Å²) in [5, 5.41) is 3.99. The molecule has 0 fully saturated rings. The highest BCUT2D eigenvalue weighted by molar-refractivity contribution is 6.11.